The molecule has 2 unspecified atom stereocenters. The van der Waals surface area contributed by atoms with Crippen LogP contribution in [0.3, 0.4) is 0 Å². The van der Waals surface area contributed by atoms with E-state index >= 15 is 0 Å². The van der Waals surface area contributed by atoms with Crippen LogP contribution in [0, 0.1) is 0 Å². The van der Waals surface area contributed by atoms with E-state index in [4.69, 9.17) is 4.74 Å². The van der Waals surface area contributed by atoms with Crippen molar-refractivity contribution in [2.24, 2.45) is 0 Å². The third-order valence-electron chi connectivity index (χ3n) is 2.74. The second-order valence-corrected chi connectivity index (χ2v) is 5.70. The zero-order chi connectivity index (χ0) is 18.2. The lowest BCUT2D eigenvalue weighted by Gasteiger charge is -2.30. The summed E-state index contributed by atoms with van der Waals surface area (Å²) >= 11 is 0. The molecular weight excluding hydrogens is 329 g/mol. The number of alkyl carbamates (subject to hydrolysis) is 1. The first kappa shape index (κ1) is 19.1. The first-order valence-electron chi connectivity index (χ1n) is 6.30. The van der Waals surface area contributed by atoms with Gasteiger partial charge in [-0.2, -0.15) is 0 Å². The van der Waals surface area contributed by atoms with E-state index in [2.05, 4.69) is 0 Å². The quantitative estimate of drug-likeness (QED) is 0.772. The first-order chi connectivity index (χ1) is 10.3. The van der Waals surface area contributed by atoms with E-state index in [0.717, 1.165) is 0 Å². The Hall–Kier alpha value is -1.97. The molecule has 1 aliphatic carbocycles. The fourth-order valence-corrected chi connectivity index (χ4v) is 1.64. The van der Waals surface area contributed by atoms with Crippen LogP contribution in [-0.4, -0.2) is 40.9 Å². The van der Waals surface area contributed by atoms with Crippen LogP contribution in [0.25, 0.3) is 0 Å². The van der Waals surface area contributed by atoms with Gasteiger partial charge < -0.3 is 15.2 Å². The number of nitrogens with one attached hydrogen (secondary N) is 1. The smallest absolute Gasteiger partial charge is 0.408 e. The Kier molecular flexibility index (Phi) is 5.20. The maximum Gasteiger partial charge on any atom is 0.408 e. The van der Waals surface area contributed by atoms with Crippen molar-refractivity contribution < 1.29 is 41.4 Å². The van der Waals surface area contributed by atoms with Gasteiger partial charge >= 0.3 is 6.09 Å². The van der Waals surface area contributed by atoms with Gasteiger partial charge in [0, 0.05) is 0 Å². The Morgan fingerprint density at radius 1 is 1.22 bits per heavy atom. The van der Waals surface area contributed by atoms with Gasteiger partial charge in [0.25, 0.3) is 0 Å². The number of halogens is 5. The molecule has 0 aromatic carbocycles. The zero-order valence-electron chi connectivity index (χ0n) is 12.3. The molecule has 130 valence electrons. The van der Waals surface area contributed by atoms with E-state index in [9.17, 15) is 36.6 Å². The summed E-state index contributed by atoms with van der Waals surface area (Å²) < 4.78 is 71.0. The average Bonchev–Trinajstić information content (AvgIpc) is 2.44. The largest absolute Gasteiger partial charge is 0.444 e. The van der Waals surface area contributed by atoms with Gasteiger partial charge in [0.2, 0.25) is 5.60 Å². The fourth-order valence-electron chi connectivity index (χ4n) is 1.64. The van der Waals surface area contributed by atoms with E-state index < -0.39 is 59.1 Å². The minimum Gasteiger partial charge on any atom is -0.444 e. The van der Waals surface area contributed by atoms with Crippen LogP contribution in [0.15, 0.2) is 23.3 Å². The Bertz CT molecular complexity index is 596. The zero-order valence-corrected chi connectivity index (χ0v) is 12.3. The van der Waals surface area contributed by atoms with Crippen LogP contribution in [-0.2, 0) is 9.53 Å². The Labute approximate surface area is 127 Å². The number of alkyl halides is 1. The number of ketones is 1. The van der Waals surface area contributed by atoms with Gasteiger partial charge in [0.1, 0.15) is 5.60 Å². The van der Waals surface area contributed by atoms with Crippen molar-refractivity contribution in [2.75, 3.05) is 6.54 Å². The molecular formula is C13H14F5NO4. The number of ether oxygens (including phenoxy) is 1. The number of allylic oxidation sites excluding steroid dienone is 2. The second kappa shape index (κ2) is 6.26. The second-order valence-electron chi connectivity index (χ2n) is 5.70. The maximum absolute atomic E-state index is 13.6. The molecule has 0 fully saturated rings. The van der Waals surface area contributed by atoms with Crippen LogP contribution >= 0.6 is 0 Å². The van der Waals surface area contributed by atoms with Crippen molar-refractivity contribution in [3.63, 3.8) is 0 Å². The van der Waals surface area contributed by atoms with Gasteiger partial charge in [0.15, 0.2) is 35.3 Å². The molecule has 0 radical (unpaired) electrons. The molecule has 2 N–H and O–H groups in total. The molecule has 0 aromatic rings. The van der Waals surface area contributed by atoms with E-state index in [1.165, 1.54) is 20.8 Å². The number of hydrogen-bond acceptors (Lipinski definition) is 4. The van der Waals surface area contributed by atoms with Crippen LogP contribution in [0.2, 0.25) is 0 Å². The van der Waals surface area contributed by atoms with E-state index in [1.807, 2.05) is 0 Å². The standard InChI is InChI=1S/C13H14F5NO4/c1-12(2,3)23-11(21)19-4-5(20)13(22)9(17)7(15)6(14)8(16)10(13)18/h9,22H,4H2,1-3H3,(H,19,21). The third-order valence-corrected chi connectivity index (χ3v) is 2.74. The normalized spacial score (nSPS) is 25.5. The third kappa shape index (κ3) is 3.69. The molecule has 23 heavy (non-hydrogen) atoms. The molecule has 0 aromatic heterocycles. The van der Waals surface area contributed by atoms with Gasteiger partial charge in [-0.25, -0.2) is 26.7 Å². The average molecular weight is 343 g/mol. The summed E-state index contributed by atoms with van der Waals surface area (Å²) in [5.74, 6) is -11.8. The van der Waals surface area contributed by atoms with Crippen LogP contribution in [0.1, 0.15) is 20.8 Å². The number of rotatable bonds is 3. The first-order valence-corrected chi connectivity index (χ1v) is 6.30. The maximum atomic E-state index is 13.6. The summed E-state index contributed by atoms with van der Waals surface area (Å²) in [6, 6.07) is 0. The number of carbonyl (C=O) groups is 2. The summed E-state index contributed by atoms with van der Waals surface area (Å²) in [5.41, 5.74) is -4.87. The minimum absolute atomic E-state index is 0.952. The van der Waals surface area contributed by atoms with Crippen molar-refractivity contribution in [1.29, 1.82) is 0 Å². The molecule has 0 saturated heterocycles. The molecule has 0 heterocycles. The number of carbonyl (C=O) groups excluding carboxylic acids is 2. The lowest BCUT2D eigenvalue weighted by atomic mass is 9.86. The van der Waals surface area contributed by atoms with Gasteiger partial charge in [-0.3, -0.25) is 4.79 Å². The van der Waals surface area contributed by atoms with Gasteiger partial charge in [0.05, 0.1) is 6.54 Å². The summed E-state index contributed by atoms with van der Waals surface area (Å²) in [7, 11) is 0. The summed E-state index contributed by atoms with van der Waals surface area (Å²) in [6.45, 7) is 3.26. The molecule has 2 atom stereocenters. The van der Waals surface area contributed by atoms with Gasteiger partial charge in [-0.05, 0) is 20.8 Å². The lowest BCUT2D eigenvalue weighted by Crippen LogP contribution is -2.54. The topological polar surface area (TPSA) is 75.6 Å². The lowest BCUT2D eigenvalue weighted by molar-refractivity contribution is -0.140. The van der Waals surface area contributed by atoms with Crippen molar-refractivity contribution in [2.45, 2.75) is 38.1 Å². The van der Waals surface area contributed by atoms with E-state index in [-0.39, 0.29) is 0 Å². The SMILES string of the molecule is CC(C)(C)OC(=O)NCC(=O)C1(O)C(F)=C(F)C(F)=C(F)C1F. The number of aliphatic hydroxyl groups is 1. The Balaban J connectivity index is 2.93. The van der Waals surface area contributed by atoms with Crippen molar-refractivity contribution in [1.82, 2.24) is 5.32 Å². The number of amides is 1. The molecule has 1 amide bonds. The fraction of sp³-hybridized carbons (Fsp3) is 0.538. The molecule has 1 rings (SSSR count). The van der Waals surface area contributed by atoms with E-state index in [1.54, 1.807) is 5.32 Å². The van der Waals surface area contributed by atoms with Gasteiger partial charge in [-0.1, -0.05) is 0 Å². The predicted octanol–water partition coefficient (Wildman–Crippen LogP) is 2.46. The summed E-state index contributed by atoms with van der Waals surface area (Å²) in [6.07, 6.45) is -4.66. The number of Topliss-reactive ketones (excluding diaryl/α,β-unsaturated/α-hetero) is 1. The Morgan fingerprint density at radius 3 is 2.22 bits per heavy atom. The molecule has 0 aliphatic heterocycles. The highest BCUT2D eigenvalue weighted by Gasteiger charge is 2.56. The summed E-state index contributed by atoms with van der Waals surface area (Å²) in [4.78, 5) is 23.0. The van der Waals surface area contributed by atoms with Crippen LogP contribution < -0.4 is 5.32 Å². The predicted molar refractivity (Wildman–Crippen MR) is 67.6 cm³/mol. The Morgan fingerprint density at radius 2 is 1.74 bits per heavy atom. The van der Waals surface area contributed by atoms with Gasteiger partial charge in [-0.15, -0.1) is 0 Å². The molecule has 0 spiro atoms. The number of hydrogen-bond donors (Lipinski definition) is 2. The highest BCUT2D eigenvalue weighted by molar-refractivity contribution is 5.95. The highest BCUT2D eigenvalue weighted by atomic mass is 19.2. The van der Waals surface area contributed by atoms with Crippen molar-refractivity contribution >= 4 is 11.9 Å². The van der Waals surface area contributed by atoms with Crippen LogP contribution in [0.4, 0.5) is 26.7 Å². The van der Waals surface area contributed by atoms with Crippen molar-refractivity contribution in [3.05, 3.63) is 23.3 Å². The van der Waals surface area contributed by atoms with Crippen LogP contribution in [0.5, 0.6) is 0 Å². The van der Waals surface area contributed by atoms with E-state index in [0.29, 0.717) is 0 Å². The molecule has 10 heteroatoms. The minimum atomic E-state index is -3.92. The summed E-state index contributed by atoms with van der Waals surface area (Å²) in [5, 5.41) is 11.4. The molecule has 1 aliphatic rings. The van der Waals surface area contributed by atoms with Crippen molar-refractivity contribution in [3.8, 4) is 0 Å². The molecule has 5 nitrogen and oxygen atoms in total. The molecule has 0 bridgehead atoms. The highest BCUT2D eigenvalue weighted by Crippen LogP contribution is 2.42. The monoisotopic (exact) mass is 343 g/mol. The molecule has 0 saturated carbocycles.